The molecule has 0 saturated carbocycles. The van der Waals surface area contributed by atoms with Crippen molar-refractivity contribution in [1.29, 1.82) is 0 Å². The smallest absolute Gasteiger partial charge is 0.273 e. The second-order valence-corrected chi connectivity index (χ2v) is 5.99. The van der Waals surface area contributed by atoms with Gasteiger partial charge in [0.2, 0.25) is 5.95 Å². The first-order chi connectivity index (χ1) is 13.5. The average Bonchev–Trinajstić information content (AvgIpc) is 3.10. The van der Waals surface area contributed by atoms with Gasteiger partial charge in [-0.25, -0.2) is 14.1 Å². The summed E-state index contributed by atoms with van der Waals surface area (Å²) in [6.07, 6.45) is 1.45. The third-order valence-corrected chi connectivity index (χ3v) is 3.90. The third-order valence-electron chi connectivity index (χ3n) is 3.70. The monoisotopic (exact) mass is 402 g/mol. The lowest BCUT2D eigenvalue weighted by Gasteiger charge is -2.11. The fraction of sp³-hybridized carbons (Fsp3) is 0.118. The van der Waals surface area contributed by atoms with Crippen molar-refractivity contribution < 1.29 is 14.1 Å². The van der Waals surface area contributed by atoms with Gasteiger partial charge in [-0.15, -0.1) is 5.10 Å². The molecule has 3 rings (SSSR count). The van der Waals surface area contributed by atoms with Crippen LogP contribution < -0.4 is 15.4 Å². The molecule has 3 aromatic rings. The van der Waals surface area contributed by atoms with Crippen LogP contribution in [0, 0.1) is 15.9 Å². The maximum atomic E-state index is 13.7. The summed E-state index contributed by atoms with van der Waals surface area (Å²) in [7, 11) is 1.40. The van der Waals surface area contributed by atoms with Crippen LogP contribution in [0.4, 0.5) is 21.7 Å². The maximum Gasteiger partial charge on any atom is 0.273 e. The van der Waals surface area contributed by atoms with E-state index in [9.17, 15) is 14.5 Å². The molecule has 0 radical (unpaired) electrons. The molecule has 9 nitrogen and oxygen atoms in total. The van der Waals surface area contributed by atoms with Gasteiger partial charge in [-0.1, -0.05) is 18.2 Å². The summed E-state index contributed by atoms with van der Waals surface area (Å²) >= 11 is 5.21. The number of nitrogens with zero attached hydrogens (tertiary/aromatic N) is 4. The quantitative estimate of drug-likeness (QED) is 0.368. The molecular formula is C17H15FN6O3S. The van der Waals surface area contributed by atoms with Gasteiger partial charge in [0.25, 0.3) is 5.69 Å². The molecule has 2 N–H and O–H groups in total. The Balaban J connectivity index is 1.65. The first-order valence-corrected chi connectivity index (χ1v) is 8.40. The molecule has 0 aliphatic rings. The van der Waals surface area contributed by atoms with Crippen molar-refractivity contribution in [2.45, 2.75) is 6.54 Å². The molecular weight excluding hydrogens is 387 g/mol. The summed E-state index contributed by atoms with van der Waals surface area (Å²) in [6, 6.07) is 10.5. The molecule has 2 aromatic carbocycles. The Morgan fingerprint density at radius 1 is 1.32 bits per heavy atom. The first kappa shape index (κ1) is 19.2. The van der Waals surface area contributed by atoms with Crippen LogP contribution in [0.1, 0.15) is 5.56 Å². The fourth-order valence-corrected chi connectivity index (χ4v) is 2.58. The third kappa shape index (κ3) is 4.57. The Kier molecular flexibility index (Phi) is 5.75. The highest BCUT2D eigenvalue weighted by atomic mass is 32.1. The number of hydrogen-bond acceptors (Lipinski definition) is 6. The topological polar surface area (TPSA) is 107 Å². The van der Waals surface area contributed by atoms with Crippen LogP contribution >= 0.6 is 12.2 Å². The summed E-state index contributed by atoms with van der Waals surface area (Å²) in [4.78, 5) is 14.4. The standard InChI is InChI=1S/C17H15FN6O3S/c1-27-15-8-12(24(25)26)6-7-14(15)20-17(28)21-16-19-10-23(22-16)9-11-4-2-3-5-13(11)18/h2-8,10H,9H2,1H3,(H2,20,21,22,28). The van der Waals surface area contributed by atoms with Crippen molar-refractivity contribution in [3.63, 3.8) is 0 Å². The Labute approximate surface area is 164 Å². The molecule has 0 bridgehead atoms. The molecule has 11 heteroatoms. The number of hydrogen-bond donors (Lipinski definition) is 2. The summed E-state index contributed by atoms with van der Waals surface area (Å²) < 4.78 is 20.3. The molecule has 1 aromatic heterocycles. The molecule has 0 saturated heterocycles. The van der Waals surface area contributed by atoms with E-state index in [-0.39, 0.29) is 34.9 Å². The number of benzene rings is 2. The van der Waals surface area contributed by atoms with Gasteiger partial charge in [-0.05, 0) is 24.4 Å². The van der Waals surface area contributed by atoms with E-state index in [1.807, 2.05) is 0 Å². The Morgan fingerprint density at radius 2 is 2.11 bits per heavy atom. The fourth-order valence-electron chi connectivity index (χ4n) is 2.38. The number of halogens is 1. The lowest BCUT2D eigenvalue weighted by atomic mass is 10.2. The second kappa shape index (κ2) is 8.39. The SMILES string of the molecule is COc1cc([N+](=O)[O-])ccc1NC(=S)Nc1ncn(Cc2ccccc2F)n1. The molecule has 0 amide bonds. The average molecular weight is 402 g/mol. The van der Waals surface area contributed by atoms with E-state index < -0.39 is 4.92 Å². The van der Waals surface area contributed by atoms with Gasteiger partial charge in [-0.2, -0.15) is 0 Å². The largest absolute Gasteiger partial charge is 0.494 e. The number of thiocarbonyl (C=S) groups is 1. The van der Waals surface area contributed by atoms with Crippen molar-refractivity contribution in [3.8, 4) is 5.75 Å². The van der Waals surface area contributed by atoms with Crippen LogP contribution in [0.3, 0.4) is 0 Å². The molecule has 0 aliphatic heterocycles. The van der Waals surface area contributed by atoms with E-state index in [1.165, 1.54) is 42.4 Å². The van der Waals surface area contributed by atoms with E-state index in [0.29, 0.717) is 11.3 Å². The van der Waals surface area contributed by atoms with Gasteiger partial charge in [0, 0.05) is 11.6 Å². The first-order valence-electron chi connectivity index (χ1n) is 7.99. The van der Waals surface area contributed by atoms with Gasteiger partial charge < -0.3 is 10.1 Å². The van der Waals surface area contributed by atoms with E-state index in [1.54, 1.807) is 18.2 Å². The molecule has 0 unspecified atom stereocenters. The molecule has 1 heterocycles. The predicted octanol–water partition coefficient (Wildman–Crippen LogP) is 3.19. The zero-order valence-electron chi connectivity index (χ0n) is 14.6. The molecule has 144 valence electrons. The van der Waals surface area contributed by atoms with E-state index >= 15 is 0 Å². The van der Waals surface area contributed by atoms with Crippen LogP contribution in [0.15, 0.2) is 48.8 Å². The van der Waals surface area contributed by atoms with E-state index in [0.717, 1.165) is 0 Å². The summed E-state index contributed by atoms with van der Waals surface area (Å²) in [5.41, 5.74) is 0.821. The lowest BCUT2D eigenvalue weighted by Crippen LogP contribution is -2.20. The van der Waals surface area contributed by atoms with Gasteiger partial charge in [-0.3, -0.25) is 15.4 Å². The number of nitrogens with one attached hydrogen (secondary N) is 2. The lowest BCUT2D eigenvalue weighted by molar-refractivity contribution is -0.384. The van der Waals surface area contributed by atoms with Gasteiger partial charge >= 0.3 is 0 Å². The van der Waals surface area contributed by atoms with Gasteiger partial charge in [0.1, 0.15) is 17.9 Å². The van der Waals surface area contributed by atoms with Crippen molar-refractivity contribution in [1.82, 2.24) is 14.8 Å². The molecule has 28 heavy (non-hydrogen) atoms. The number of nitro groups is 1. The van der Waals surface area contributed by atoms with Crippen molar-refractivity contribution >= 4 is 34.7 Å². The van der Waals surface area contributed by atoms with Crippen LogP contribution in [0.25, 0.3) is 0 Å². The minimum atomic E-state index is -0.519. The highest BCUT2D eigenvalue weighted by molar-refractivity contribution is 7.80. The van der Waals surface area contributed by atoms with Crippen molar-refractivity contribution in [2.75, 3.05) is 17.7 Å². The number of rotatable bonds is 6. The number of aromatic nitrogens is 3. The summed E-state index contributed by atoms with van der Waals surface area (Å²) in [6.45, 7) is 0.220. The second-order valence-electron chi connectivity index (χ2n) is 5.58. The van der Waals surface area contributed by atoms with Crippen molar-refractivity contribution in [2.24, 2.45) is 0 Å². The van der Waals surface area contributed by atoms with Crippen molar-refractivity contribution in [3.05, 3.63) is 70.3 Å². The molecule has 0 fully saturated rings. The van der Waals surface area contributed by atoms with E-state index in [2.05, 4.69) is 20.7 Å². The molecule has 0 spiro atoms. The summed E-state index contributed by atoms with van der Waals surface area (Å²) in [5, 5.41) is 20.9. The zero-order chi connectivity index (χ0) is 20.1. The Hall–Kier alpha value is -3.60. The normalized spacial score (nSPS) is 10.4. The number of anilines is 2. The van der Waals surface area contributed by atoms with Crippen LogP contribution in [-0.2, 0) is 6.54 Å². The maximum absolute atomic E-state index is 13.7. The van der Waals surface area contributed by atoms with Gasteiger partial charge in [0.05, 0.1) is 30.3 Å². The Morgan fingerprint density at radius 3 is 2.82 bits per heavy atom. The minimum Gasteiger partial charge on any atom is -0.494 e. The van der Waals surface area contributed by atoms with E-state index in [4.69, 9.17) is 17.0 Å². The number of nitro benzene ring substituents is 1. The number of ether oxygens (including phenoxy) is 1. The minimum absolute atomic E-state index is 0.102. The highest BCUT2D eigenvalue weighted by Crippen LogP contribution is 2.29. The van der Waals surface area contributed by atoms with Crippen LogP contribution in [0.5, 0.6) is 5.75 Å². The zero-order valence-corrected chi connectivity index (χ0v) is 15.4. The van der Waals surface area contributed by atoms with Crippen LogP contribution in [-0.4, -0.2) is 31.9 Å². The van der Waals surface area contributed by atoms with Gasteiger partial charge in [0.15, 0.2) is 5.11 Å². The Bertz CT molecular complexity index is 1030. The highest BCUT2D eigenvalue weighted by Gasteiger charge is 2.13. The number of methoxy groups -OCH3 is 1. The summed E-state index contributed by atoms with van der Waals surface area (Å²) in [5.74, 6) is 0.154. The number of non-ortho nitro benzene ring substituents is 1. The van der Waals surface area contributed by atoms with Crippen LogP contribution in [0.2, 0.25) is 0 Å². The molecule has 0 atom stereocenters. The molecule has 0 aliphatic carbocycles. The predicted molar refractivity (Wildman–Crippen MR) is 105 cm³/mol.